The number of aromatic nitrogens is 2. The minimum absolute atomic E-state index is 0.0642. The van der Waals surface area contributed by atoms with Crippen LogP contribution in [0, 0.1) is 20.8 Å². The van der Waals surface area contributed by atoms with Crippen molar-refractivity contribution in [2.45, 2.75) is 37.0 Å². The smallest absolute Gasteiger partial charge is 0.398 e. The third-order valence-corrected chi connectivity index (χ3v) is 4.11. The molecule has 0 aliphatic heterocycles. The molecule has 0 fully saturated rings. The van der Waals surface area contributed by atoms with Gasteiger partial charge in [-0.15, -0.1) is 0 Å². The molecule has 0 aliphatic carbocycles. The Morgan fingerprint density at radius 1 is 1.05 bits per heavy atom. The summed E-state index contributed by atoms with van der Waals surface area (Å²) in [5.74, 6) is 0. The van der Waals surface area contributed by atoms with E-state index in [1.165, 1.54) is 6.07 Å². The monoisotopic (exact) mass is 313 g/mol. The summed E-state index contributed by atoms with van der Waals surface area (Å²) in [7, 11) is 0. The average molecular weight is 313 g/mol. The Morgan fingerprint density at radius 3 is 2.10 bits per heavy atom. The van der Waals surface area contributed by atoms with Crippen LogP contribution in [0.3, 0.4) is 0 Å². The summed E-state index contributed by atoms with van der Waals surface area (Å²) in [5, 5.41) is 0.474. The molecule has 0 spiro atoms. The van der Waals surface area contributed by atoms with E-state index in [9.17, 15) is 13.2 Å². The molecule has 1 aromatic heterocycles. The molecule has 0 amide bonds. The molecule has 1 aromatic carbocycles. The number of aryl methyl sites for hydroxylation is 2. The molecule has 0 atom stereocenters. The van der Waals surface area contributed by atoms with Crippen molar-refractivity contribution in [3.63, 3.8) is 0 Å². The lowest BCUT2D eigenvalue weighted by Gasteiger charge is -2.11. The Hall–Kier alpha value is -1.76. The van der Waals surface area contributed by atoms with Crippen LogP contribution in [-0.4, -0.2) is 9.97 Å². The van der Waals surface area contributed by atoms with Crippen molar-refractivity contribution < 1.29 is 13.2 Å². The van der Waals surface area contributed by atoms with E-state index in [0.717, 1.165) is 40.8 Å². The Bertz CT molecular complexity index is 661. The second kappa shape index (κ2) is 5.55. The third-order valence-electron chi connectivity index (χ3n) is 3.15. The van der Waals surface area contributed by atoms with Crippen molar-refractivity contribution in [1.82, 2.24) is 9.97 Å². The molecule has 0 radical (unpaired) electrons. The highest BCUT2D eigenvalue weighted by atomic mass is 32.2. The standard InChI is InChI=1S/C14H14F3N3S/c1-7-8(2)19-13(20-9(7)3)21-12-5-4-10(6-11(12)18)14(15,16)17/h4-6H,18H2,1-3H3. The largest absolute Gasteiger partial charge is 0.416 e. The Labute approximate surface area is 124 Å². The van der Waals surface area contributed by atoms with Crippen molar-refractivity contribution in [3.8, 4) is 0 Å². The highest BCUT2D eigenvalue weighted by molar-refractivity contribution is 7.99. The number of nitrogens with zero attached hydrogens (tertiary/aromatic N) is 2. The quantitative estimate of drug-likeness (QED) is 0.668. The average Bonchev–Trinajstić information content (AvgIpc) is 2.37. The molecule has 7 heteroatoms. The second-order valence-electron chi connectivity index (χ2n) is 4.65. The van der Waals surface area contributed by atoms with Gasteiger partial charge in [0.2, 0.25) is 0 Å². The van der Waals surface area contributed by atoms with Gasteiger partial charge in [-0.2, -0.15) is 13.2 Å². The topological polar surface area (TPSA) is 51.8 Å². The summed E-state index contributed by atoms with van der Waals surface area (Å²) >= 11 is 1.16. The number of benzene rings is 1. The number of hydrogen-bond donors (Lipinski definition) is 1. The van der Waals surface area contributed by atoms with Gasteiger partial charge in [0.05, 0.1) is 5.56 Å². The number of hydrogen-bond acceptors (Lipinski definition) is 4. The first-order valence-electron chi connectivity index (χ1n) is 6.15. The first kappa shape index (κ1) is 15.6. The number of alkyl halides is 3. The lowest BCUT2D eigenvalue weighted by Crippen LogP contribution is -2.06. The fourth-order valence-electron chi connectivity index (χ4n) is 1.70. The first-order chi connectivity index (χ1) is 9.68. The molecule has 0 aliphatic rings. The SMILES string of the molecule is Cc1nc(Sc2ccc(C(F)(F)F)cc2N)nc(C)c1C. The summed E-state index contributed by atoms with van der Waals surface area (Å²) in [6, 6.07) is 3.28. The van der Waals surface area contributed by atoms with E-state index in [4.69, 9.17) is 5.73 Å². The van der Waals surface area contributed by atoms with Gasteiger partial charge in [-0.25, -0.2) is 9.97 Å². The minimum atomic E-state index is -4.40. The van der Waals surface area contributed by atoms with E-state index in [2.05, 4.69) is 9.97 Å². The highest BCUT2D eigenvalue weighted by Gasteiger charge is 2.30. The van der Waals surface area contributed by atoms with Crippen LogP contribution in [0.4, 0.5) is 18.9 Å². The molecule has 2 N–H and O–H groups in total. The maximum atomic E-state index is 12.6. The molecule has 3 nitrogen and oxygen atoms in total. The zero-order valence-corrected chi connectivity index (χ0v) is 12.6. The fourth-order valence-corrected chi connectivity index (χ4v) is 2.58. The van der Waals surface area contributed by atoms with Gasteiger partial charge in [0.25, 0.3) is 0 Å². The van der Waals surface area contributed by atoms with Crippen LogP contribution >= 0.6 is 11.8 Å². The van der Waals surface area contributed by atoms with Crippen LogP contribution in [0.15, 0.2) is 28.3 Å². The van der Waals surface area contributed by atoms with Crippen LogP contribution in [0.1, 0.15) is 22.5 Å². The lowest BCUT2D eigenvalue weighted by molar-refractivity contribution is -0.137. The lowest BCUT2D eigenvalue weighted by atomic mass is 10.2. The van der Waals surface area contributed by atoms with Gasteiger partial charge in [-0.05, 0) is 56.3 Å². The summed E-state index contributed by atoms with van der Waals surface area (Å²) in [6.07, 6.45) is -4.40. The molecule has 1 heterocycles. The predicted molar refractivity (Wildman–Crippen MR) is 76.2 cm³/mol. The number of anilines is 1. The van der Waals surface area contributed by atoms with Crippen LogP contribution in [-0.2, 0) is 6.18 Å². The van der Waals surface area contributed by atoms with Gasteiger partial charge in [0.1, 0.15) is 0 Å². The van der Waals surface area contributed by atoms with Gasteiger partial charge in [0, 0.05) is 22.0 Å². The molecular formula is C14H14F3N3S. The molecule has 0 saturated carbocycles. The number of halogens is 3. The molecule has 2 rings (SSSR count). The van der Waals surface area contributed by atoms with Crippen LogP contribution in [0.25, 0.3) is 0 Å². The summed E-state index contributed by atoms with van der Waals surface area (Å²) in [4.78, 5) is 9.14. The summed E-state index contributed by atoms with van der Waals surface area (Å²) in [6.45, 7) is 5.65. The minimum Gasteiger partial charge on any atom is -0.398 e. The van der Waals surface area contributed by atoms with E-state index in [1.54, 1.807) is 0 Å². The molecular weight excluding hydrogens is 299 g/mol. The van der Waals surface area contributed by atoms with Crippen molar-refractivity contribution in [2.75, 3.05) is 5.73 Å². The Balaban J connectivity index is 2.32. The zero-order valence-electron chi connectivity index (χ0n) is 11.7. The van der Waals surface area contributed by atoms with Crippen molar-refractivity contribution >= 4 is 17.4 Å². The number of nitrogens with two attached hydrogens (primary N) is 1. The van der Waals surface area contributed by atoms with Crippen LogP contribution < -0.4 is 5.73 Å². The van der Waals surface area contributed by atoms with Gasteiger partial charge in [-0.1, -0.05) is 0 Å². The Morgan fingerprint density at radius 2 is 1.62 bits per heavy atom. The van der Waals surface area contributed by atoms with E-state index in [-0.39, 0.29) is 5.69 Å². The molecule has 112 valence electrons. The third kappa shape index (κ3) is 3.47. The molecule has 0 bridgehead atoms. The molecule has 21 heavy (non-hydrogen) atoms. The zero-order chi connectivity index (χ0) is 15.8. The molecule has 0 saturated heterocycles. The van der Waals surface area contributed by atoms with Crippen LogP contribution in [0.2, 0.25) is 0 Å². The predicted octanol–water partition coefficient (Wildman–Crippen LogP) is 4.15. The van der Waals surface area contributed by atoms with Gasteiger partial charge >= 0.3 is 6.18 Å². The highest BCUT2D eigenvalue weighted by Crippen LogP contribution is 2.36. The molecule has 0 unspecified atom stereocenters. The summed E-state index contributed by atoms with van der Waals surface area (Å²) in [5.41, 5.74) is 7.68. The van der Waals surface area contributed by atoms with Gasteiger partial charge in [-0.3, -0.25) is 0 Å². The normalized spacial score (nSPS) is 11.7. The molecule has 2 aromatic rings. The maximum Gasteiger partial charge on any atom is 0.416 e. The summed E-state index contributed by atoms with van der Waals surface area (Å²) < 4.78 is 37.8. The van der Waals surface area contributed by atoms with E-state index >= 15 is 0 Å². The number of nitrogen functional groups attached to an aromatic ring is 1. The van der Waals surface area contributed by atoms with Gasteiger partial charge in [0.15, 0.2) is 5.16 Å². The first-order valence-corrected chi connectivity index (χ1v) is 6.96. The maximum absolute atomic E-state index is 12.6. The van der Waals surface area contributed by atoms with Crippen molar-refractivity contribution in [2.24, 2.45) is 0 Å². The Kier molecular flexibility index (Phi) is 4.13. The van der Waals surface area contributed by atoms with Crippen LogP contribution in [0.5, 0.6) is 0 Å². The fraction of sp³-hybridized carbons (Fsp3) is 0.286. The van der Waals surface area contributed by atoms with E-state index in [0.29, 0.717) is 10.1 Å². The van der Waals surface area contributed by atoms with E-state index in [1.807, 2.05) is 20.8 Å². The van der Waals surface area contributed by atoms with Crippen molar-refractivity contribution in [3.05, 3.63) is 40.7 Å². The van der Waals surface area contributed by atoms with E-state index < -0.39 is 11.7 Å². The number of rotatable bonds is 2. The van der Waals surface area contributed by atoms with Gasteiger partial charge < -0.3 is 5.73 Å². The second-order valence-corrected chi connectivity index (χ2v) is 5.66. The van der Waals surface area contributed by atoms with Crippen molar-refractivity contribution in [1.29, 1.82) is 0 Å².